The van der Waals surface area contributed by atoms with Gasteiger partial charge in [0.15, 0.2) is 0 Å². The van der Waals surface area contributed by atoms with Crippen molar-refractivity contribution in [1.82, 2.24) is 4.90 Å². The average Bonchev–Trinajstić information content (AvgIpc) is 3.21. The number of aromatic hydroxyl groups is 1. The summed E-state index contributed by atoms with van der Waals surface area (Å²) in [5.74, 6) is -0.730. The van der Waals surface area contributed by atoms with Crippen LogP contribution < -0.4 is 4.74 Å². The molecule has 1 heterocycles. The Morgan fingerprint density at radius 2 is 1.64 bits per heavy atom. The number of ether oxygens (including phenoxy) is 2. The Hall–Kier alpha value is -3.66. The number of likely N-dealkylation sites (N-methyl/N-ethyl adjacent to an activating group) is 1. The summed E-state index contributed by atoms with van der Waals surface area (Å²) in [4.78, 5) is 22.2. The molecule has 6 unspecified atom stereocenters. The molecule has 308 valence electrons. The van der Waals surface area contributed by atoms with Crippen LogP contribution in [0, 0.1) is 17.8 Å². The Balaban J connectivity index is 1.55. The zero-order valence-corrected chi connectivity index (χ0v) is 34.1. The van der Waals surface area contributed by atoms with E-state index in [4.69, 9.17) is 19.5 Å². The number of unbranched alkanes of at least 4 members (excludes halogenated alkanes) is 10. The molecule has 0 spiro atoms. The molecule has 1 amide bonds. The summed E-state index contributed by atoms with van der Waals surface area (Å²) in [6, 6.07) is 14.7. The minimum atomic E-state index is -1.28. The topological polar surface area (TPSA) is 121 Å². The Morgan fingerprint density at radius 3 is 2.34 bits per heavy atom. The van der Waals surface area contributed by atoms with Gasteiger partial charge in [-0.25, -0.2) is 0 Å². The zero-order valence-electron chi connectivity index (χ0n) is 34.1. The number of phenols is 1. The fraction of sp³-hybridized carbons (Fsp3) is 0.617. The van der Waals surface area contributed by atoms with E-state index in [-0.39, 0.29) is 55.1 Å². The second-order valence-electron chi connectivity index (χ2n) is 16.1. The van der Waals surface area contributed by atoms with Gasteiger partial charge in [-0.15, -0.1) is 6.58 Å². The number of amides is 1. The summed E-state index contributed by atoms with van der Waals surface area (Å²) in [5.41, 5.74) is 3.68. The van der Waals surface area contributed by atoms with Gasteiger partial charge in [-0.1, -0.05) is 119 Å². The summed E-state index contributed by atoms with van der Waals surface area (Å²) >= 11 is 0. The van der Waals surface area contributed by atoms with Gasteiger partial charge in [0.05, 0.1) is 18.2 Å². The van der Waals surface area contributed by atoms with Gasteiger partial charge in [0.1, 0.15) is 24.1 Å². The van der Waals surface area contributed by atoms with Crippen LogP contribution in [-0.4, -0.2) is 70.5 Å². The molecule has 1 fully saturated rings. The van der Waals surface area contributed by atoms with Crippen LogP contribution in [-0.2, 0) is 21.0 Å². The van der Waals surface area contributed by atoms with Crippen LogP contribution in [0.2, 0.25) is 0 Å². The predicted octanol–water partition coefficient (Wildman–Crippen LogP) is 9.61. The molecule has 2 aromatic rings. The molecule has 56 heavy (non-hydrogen) atoms. The molecule has 9 nitrogen and oxygen atoms in total. The minimum Gasteiger partial charge on any atom is -0.508 e. The predicted molar refractivity (Wildman–Crippen MR) is 222 cm³/mol. The quantitative estimate of drug-likeness (QED) is 0.0522. The van der Waals surface area contributed by atoms with E-state index in [2.05, 4.69) is 19.6 Å². The summed E-state index contributed by atoms with van der Waals surface area (Å²) in [5, 5.41) is 35.4. The first-order chi connectivity index (χ1) is 27.4. The molecule has 0 bridgehead atoms. The van der Waals surface area contributed by atoms with E-state index in [1.807, 2.05) is 54.4 Å². The number of nitrogens with zero attached hydrogens (tertiary/aromatic N) is 2. The van der Waals surface area contributed by atoms with Crippen molar-refractivity contribution in [3.63, 3.8) is 0 Å². The van der Waals surface area contributed by atoms with Crippen LogP contribution >= 0.6 is 0 Å². The van der Waals surface area contributed by atoms with Crippen molar-refractivity contribution in [3.05, 3.63) is 84.0 Å². The number of phenolic OH excluding ortho intramolecular Hbond substituents is 1. The molecule has 2 aromatic carbocycles. The molecule has 2 aliphatic carbocycles. The van der Waals surface area contributed by atoms with Gasteiger partial charge in [0, 0.05) is 44.6 Å². The number of aliphatic hydroxyl groups is 2. The molecule has 0 radical (unpaired) electrons. The van der Waals surface area contributed by atoms with Gasteiger partial charge in [0.2, 0.25) is 11.7 Å². The molecule has 3 N–H and O–H groups in total. The van der Waals surface area contributed by atoms with E-state index in [0.717, 1.165) is 67.4 Å². The SMILES string of the molecule is C=CCOC12Oc3ccc(O)cc3C3C(CCCCO)C(CCCCO)C=C(C(=NOCc4ccccc4)CC1N(C)C(=O)CCCCCCCCCCC)C32. The smallest absolute Gasteiger partial charge is 0.239 e. The van der Waals surface area contributed by atoms with Crippen LogP contribution in [0.4, 0.5) is 0 Å². The molecule has 5 rings (SSSR count). The molecule has 1 aliphatic heterocycles. The third-order valence-corrected chi connectivity index (χ3v) is 12.3. The monoisotopic (exact) mass is 773 g/mol. The van der Waals surface area contributed by atoms with E-state index < -0.39 is 11.8 Å². The highest BCUT2D eigenvalue weighted by Crippen LogP contribution is 2.61. The molecular formula is C47H68N2O7. The number of benzene rings is 2. The molecular weight excluding hydrogens is 705 g/mol. The van der Waals surface area contributed by atoms with Gasteiger partial charge < -0.3 is 34.5 Å². The second kappa shape index (κ2) is 22.3. The van der Waals surface area contributed by atoms with Crippen molar-refractivity contribution < 1.29 is 34.4 Å². The van der Waals surface area contributed by atoms with Gasteiger partial charge in [0.25, 0.3) is 0 Å². The highest BCUT2D eigenvalue weighted by Gasteiger charge is 2.65. The lowest BCUT2D eigenvalue weighted by Crippen LogP contribution is -2.69. The number of rotatable bonds is 25. The van der Waals surface area contributed by atoms with E-state index in [9.17, 15) is 20.1 Å². The lowest BCUT2D eigenvalue weighted by atomic mass is 9.55. The molecule has 1 saturated carbocycles. The second-order valence-corrected chi connectivity index (χ2v) is 16.1. The molecule has 0 aromatic heterocycles. The van der Waals surface area contributed by atoms with Gasteiger partial charge in [-0.2, -0.15) is 0 Å². The normalized spacial score (nSPS) is 24.5. The lowest BCUT2D eigenvalue weighted by Gasteiger charge is -2.59. The summed E-state index contributed by atoms with van der Waals surface area (Å²) in [6.07, 6.45) is 20.3. The molecule has 6 atom stereocenters. The first kappa shape index (κ1) is 43.5. The van der Waals surface area contributed by atoms with Crippen LogP contribution in [0.3, 0.4) is 0 Å². The molecule has 0 saturated heterocycles. The summed E-state index contributed by atoms with van der Waals surface area (Å²) < 4.78 is 14.1. The molecule has 3 aliphatic rings. The Bertz CT molecular complexity index is 1580. The highest BCUT2D eigenvalue weighted by atomic mass is 16.7. The molecule has 9 heteroatoms. The van der Waals surface area contributed by atoms with Crippen LogP contribution in [0.15, 0.2) is 78.0 Å². The first-order valence-electron chi connectivity index (χ1n) is 21.6. The number of fused-ring (bicyclic) bond motifs is 2. The standard InChI is InChI=1S/C47H68N2O7/c1-4-6-7-8-9-10-11-12-16-25-44(53)49(3)43-33-41(48-55-34-35-21-14-13-15-22-35)39-31-36(23-17-19-28-50)38(24-18-20-29-51)45-40-32-37(52)26-27-42(40)56-47(43,46(39)45)54-30-5-2/h5,13-15,21-22,26-27,31-32,36,38,43,45-46,50-52H,2,4,6-12,16-20,23-25,28-30,33-34H2,1,3H3. The summed E-state index contributed by atoms with van der Waals surface area (Å²) in [6.45, 7) is 7.02. The van der Waals surface area contributed by atoms with Crippen LogP contribution in [0.5, 0.6) is 11.5 Å². The Kier molecular flexibility index (Phi) is 17.3. The zero-order chi connectivity index (χ0) is 39.8. The fourth-order valence-electron chi connectivity index (χ4n) is 9.43. The van der Waals surface area contributed by atoms with Crippen molar-refractivity contribution in [3.8, 4) is 11.5 Å². The summed E-state index contributed by atoms with van der Waals surface area (Å²) in [7, 11) is 1.88. The number of hydrogen-bond donors (Lipinski definition) is 3. The first-order valence-corrected chi connectivity index (χ1v) is 21.6. The largest absolute Gasteiger partial charge is 0.508 e. The third-order valence-electron chi connectivity index (χ3n) is 12.3. The van der Waals surface area contributed by atoms with Crippen molar-refractivity contribution in [2.75, 3.05) is 26.9 Å². The van der Waals surface area contributed by atoms with E-state index in [0.29, 0.717) is 38.0 Å². The average molecular weight is 773 g/mol. The number of aliphatic hydroxyl groups excluding tert-OH is 2. The maximum Gasteiger partial charge on any atom is 0.239 e. The van der Waals surface area contributed by atoms with Crippen molar-refractivity contribution >= 4 is 11.6 Å². The number of carbonyl (C=O) groups excluding carboxylic acids is 1. The van der Waals surface area contributed by atoms with Crippen molar-refractivity contribution in [1.29, 1.82) is 0 Å². The Morgan fingerprint density at radius 1 is 0.946 bits per heavy atom. The number of oxime groups is 1. The number of allylic oxidation sites excluding steroid dienone is 1. The van der Waals surface area contributed by atoms with E-state index >= 15 is 0 Å². The van der Waals surface area contributed by atoms with Crippen molar-refractivity contribution in [2.45, 2.75) is 140 Å². The van der Waals surface area contributed by atoms with Gasteiger partial charge >= 0.3 is 0 Å². The number of hydrogen-bond acceptors (Lipinski definition) is 8. The van der Waals surface area contributed by atoms with Gasteiger partial charge in [-0.3, -0.25) is 4.79 Å². The fourth-order valence-corrected chi connectivity index (χ4v) is 9.43. The maximum atomic E-state index is 14.3. The van der Waals surface area contributed by atoms with Gasteiger partial charge in [-0.05, 0) is 73.3 Å². The van der Waals surface area contributed by atoms with Crippen LogP contribution in [0.25, 0.3) is 0 Å². The highest BCUT2D eigenvalue weighted by molar-refractivity contribution is 6.03. The van der Waals surface area contributed by atoms with Crippen LogP contribution in [0.1, 0.15) is 133 Å². The third kappa shape index (κ3) is 10.8. The van der Waals surface area contributed by atoms with Crippen molar-refractivity contribution in [2.24, 2.45) is 22.9 Å². The lowest BCUT2D eigenvalue weighted by molar-refractivity contribution is -0.255. The minimum absolute atomic E-state index is 0.0466. The van der Waals surface area contributed by atoms with E-state index in [1.54, 1.807) is 12.1 Å². The number of carbonyl (C=O) groups is 1. The maximum absolute atomic E-state index is 14.3. The van der Waals surface area contributed by atoms with E-state index in [1.165, 1.54) is 38.5 Å². The Labute approximate surface area is 335 Å².